The number of hydrogen-bond acceptors (Lipinski definition) is 8. The van der Waals surface area contributed by atoms with Crippen LogP contribution in [0.4, 0.5) is 5.82 Å². The van der Waals surface area contributed by atoms with Crippen molar-refractivity contribution in [3.63, 3.8) is 0 Å². The van der Waals surface area contributed by atoms with Crippen molar-refractivity contribution in [3.05, 3.63) is 24.2 Å². The average Bonchev–Trinajstić information content (AvgIpc) is 3.18. The Kier molecular flexibility index (Phi) is 6.18. The lowest BCUT2D eigenvalue weighted by molar-refractivity contribution is -0.131. The average molecular weight is 423 g/mol. The molecule has 0 aliphatic carbocycles. The van der Waals surface area contributed by atoms with Crippen molar-refractivity contribution < 1.29 is 17.7 Å². The van der Waals surface area contributed by atoms with E-state index in [0.717, 1.165) is 21.9 Å². The van der Waals surface area contributed by atoms with Crippen molar-refractivity contribution in [3.8, 4) is 11.4 Å². The molecule has 2 aromatic rings. The molecule has 0 saturated carbocycles. The molecule has 0 N–H and O–H groups in total. The van der Waals surface area contributed by atoms with Crippen molar-refractivity contribution in [1.29, 1.82) is 0 Å². The standard InChI is InChI=1S/C18H26N6O4S/c1-13(2)18-20-17(21-28-18)14-5-6-15(19-11-14)23-7-9-24(10-8-23)16(25)12-22(3)29(4,26)27/h5-6,11,13H,7-10,12H2,1-4H3. The molecular formula is C18H26N6O4S. The van der Waals surface area contributed by atoms with Crippen molar-refractivity contribution in [2.45, 2.75) is 19.8 Å². The van der Waals surface area contributed by atoms with Crippen LogP contribution in [0.2, 0.25) is 0 Å². The van der Waals surface area contributed by atoms with Crippen LogP contribution in [0, 0.1) is 0 Å². The predicted octanol–water partition coefficient (Wildman–Crippen LogP) is 0.795. The first-order valence-corrected chi connectivity index (χ1v) is 11.2. The van der Waals surface area contributed by atoms with Crippen LogP contribution in [-0.4, -0.2) is 84.7 Å². The molecule has 158 valence electrons. The lowest BCUT2D eigenvalue weighted by Crippen LogP contribution is -2.51. The smallest absolute Gasteiger partial charge is 0.238 e. The van der Waals surface area contributed by atoms with E-state index in [-0.39, 0.29) is 18.4 Å². The molecule has 1 aliphatic rings. The Labute approximate surface area is 170 Å². The van der Waals surface area contributed by atoms with E-state index in [4.69, 9.17) is 4.52 Å². The number of carbonyl (C=O) groups excluding carboxylic acids is 1. The minimum Gasteiger partial charge on any atom is -0.353 e. The fourth-order valence-corrected chi connectivity index (χ4v) is 3.23. The van der Waals surface area contributed by atoms with Gasteiger partial charge in [0.05, 0.1) is 12.8 Å². The van der Waals surface area contributed by atoms with Crippen molar-refractivity contribution in [1.82, 2.24) is 24.3 Å². The van der Waals surface area contributed by atoms with E-state index in [9.17, 15) is 13.2 Å². The van der Waals surface area contributed by atoms with Crippen LogP contribution in [-0.2, 0) is 14.8 Å². The largest absolute Gasteiger partial charge is 0.353 e. The highest BCUT2D eigenvalue weighted by Crippen LogP contribution is 2.21. The summed E-state index contributed by atoms with van der Waals surface area (Å²) in [6, 6.07) is 3.80. The monoisotopic (exact) mass is 422 g/mol. The van der Waals surface area contributed by atoms with Gasteiger partial charge in [-0.05, 0) is 12.1 Å². The molecule has 10 nitrogen and oxygen atoms in total. The number of anilines is 1. The minimum absolute atomic E-state index is 0.144. The van der Waals surface area contributed by atoms with Gasteiger partial charge >= 0.3 is 0 Å². The maximum Gasteiger partial charge on any atom is 0.238 e. The second-order valence-corrected chi connectivity index (χ2v) is 9.49. The third-order valence-corrected chi connectivity index (χ3v) is 6.08. The van der Waals surface area contributed by atoms with Gasteiger partial charge in [0.1, 0.15) is 5.82 Å². The number of rotatable bonds is 6. The summed E-state index contributed by atoms with van der Waals surface area (Å²) in [5.74, 6) is 1.88. The summed E-state index contributed by atoms with van der Waals surface area (Å²) in [6.07, 6.45) is 2.80. The molecule has 0 unspecified atom stereocenters. The summed E-state index contributed by atoms with van der Waals surface area (Å²) in [5, 5.41) is 3.99. The molecule has 0 spiro atoms. The van der Waals surface area contributed by atoms with Gasteiger partial charge in [0, 0.05) is 50.9 Å². The highest BCUT2D eigenvalue weighted by molar-refractivity contribution is 7.88. The lowest BCUT2D eigenvalue weighted by atomic mass is 10.2. The van der Waals surface area contributed by atoms with E-state index in [2.05, 4.69) is 20.0 Å². The van der Waals surface area contributed by atoms with Gasteiger partial charge < -0.3 is 14.3 Å². The normalized spacial score (nSPS) is 15.4. The number of amides is 1. The van der Waals surface area contributed by atoms with Crippen LogP contribution in [0.3, 0.4) is 0 Å². The quantitative estimate of drug-likeness (QED) is 0.672. The van der Waals surface area contributed by atoms with Crippen molar-refractivity contribution in [2.75, 3.05) is 50.9 Å². The second-order valence-electron chi connectivity index (χ2n) is 7.40. The zero-order chi connectivity index (χ0) is 21.2. The van der Waals surface area contributed by atoms with E-state index in [0.29, 0.717) is 37.9 Å². The van der Waals surface area contributed by atoms with Gasteiger partial charge in [-0.15, -0.1) is 0 Å². The topological polar surface area (TPSA) is 113 Å². The molecule has 11 heteroatoms. The van der Waals surface area contributed by atoms with Gasteiger partial charge in [0.25, 0.3) is 0 Å². The molecule has 0 atom stereocenters. The number of sulfonamides is 1. The molecule has 29 heavy (non-hydrogen) atoms. The molecule has 3 heterocycles. The number of hydrogen-bond donors (Lipinski definition) is 0. The van der Waals surface area contributed by atoms with Crippen LogP contribution in [0.5, 0.6) is 0 Å². The number of likely N-dealkylation sites (N-methyl/N-ethyl adjacent to an activating group) is 1. The number of nitrogens with zero attached hydrogens (tertiary/aromatic N) is 6. The van der Waals surface area contributed by atoms with Gasteiger partial charge in [-0.25, -0.2) is 13.4 Å². The molecule has 2 aromatic heterocycles. The Bertz CT molecular complexity index is 949. The van der Waals surface area contributed by atoms with Gasteiger partial charge in [-0.3, -0.25) is 4.79 Å². The molecule has 1 aliphatic heterocycles. The number of carbonyl (C=O) groups is 1. The number of pyridine rings is 1. The predicted molar refractivity (Wildman–Crippen MR) is 108 cm³/mol. The molecule has 0 aromatic carbocycles. The highest BCUT2D eigenvalue weighted by Gasteiger charge is 2.24. The van der Waals surface area contributed by atoms with Crippen LogP contribution >= 0.6 is 0 Å². The van der Waals surface area contributed by atoms with E-state index in [1.807, 2.05) is 26.0 Å². The van der Waals surface area contributed by atoms with Gasteiger partial charge in [-0.2, -0.15) is 9.29 Å². The molecule has 1 amide bonds. The maximum atomic E-state index is 12.3. The van der Waals surface area contributed by atoms with Crippen LogP contribution < -0.4 is 4.90 Å². The van der Waals surface area contributed by atoms with E-state index in [1.54, 1.807) is 11.1 Å². The third kappa shape index (κ3) is 5.10. The Balaban J connectivity index is 1.57. The molecule has 1 saturated heterocycles. The van der Waals surface area contributed by atoms with E-state index < -0.39 is 10.0 Å². The second kappa shape index (κ2) is 8.46. The molecule has 3 rings (SSSR count). The van der Waals surface area contributed by atoms with Gasteiger partial charge in [-0.1, -0.05) is 19.0 Å². The summed E-state index contributed by atoms with van der Waals surface area (Å²) >= 11 is 0. The fourth-order valence-electron chi connectivity index (χ4n) is 2.89. The lowest BCUT2D eigenvalue weighted by Gasteiger charge is -2.36. The first-order valence-electron chi connectivity index (χ1n) is 9.39. The third-order valence-electron chi connectivity index (χ3n) is 4.82. The molecule has 1 fully saturated rings. The van der Waals surface area contributed by atoms with Crippen LogP contribution in [0.1, 0.15) is 25.7 Å². The van der Waals surface area contributed by atoms with E-state index in [1.165, 1.54) is 7.05 Å². The minimum atomic E-state index is -3.37. The van der Waals surface area contributed by atoms with Crippen LogP contribution in [0.15, 0.2) is 22.9 Å². The Morgan fingerprint density at radius 3 is 2.45 bits per heavy atom. The zero-order valence-electron chi connectivity index (χ0n) is 17.1. The Hall–Kier alpha value is -2.53. The maximum absolute atomic E-state index is 12.3. The molecular weight excluding hydrogens is 396 g/mol. The van der Waals surface area contributed by atoms with Crippen LogP contribution in [0.25, 0.3) is 11.4 Å². The Morgan fingerprint density at radius 2 is 1.93 bits per heavy atom. The summed E-state index contributed by atoms with van der Waals surface area (Å²) in [6.45, 7) is 6.12. The summed E-state index contributed by atoms with van der Waals surface area (Å²) in [5.41, 5.74) is 0.780. The molecule has 0 bridgehead atoms. The highest BCUT2D eigenvalue weighted by atomic mass is 32.2. The number of aromatic nitrogens is 3. The van der Waals surface area contributed by atoms with E-state index >= 15 is 0 Å². The Morgan fingerprint density at radius 1 is 1.24 bits per heavy atom. The van der Waals surface area contributed by atoms with Gasteiger partial charge in [0.15, 0.2) is 0 Å². The zero-order valence-corrected chi connectivity index (χ0v) is 17.9. The summed E-state index contributed by atoms with van der Waals surface area (Å²) < 4.78 is 29.2. The SMILES string of the molecule is CC(C)c1nc(-c2ccc(N3CCN(C(=O)CN(C)S(C)(=O)=O)CC3)nc2)no1. The fraction of sp³-hybridized carbons (Fsp3) is 0.556. The van der Waals surface area contributed by atoms with Crippen molar-refractivity contribution in [2.24, 2.45) is 0 Å². The summed E-state index contributed by atoms with van der Waals surface area (Å²) in [7, 11) is -1.97. The molecule has 0 radical (unpaired) electrons. The number of piperazine rings is 1. The van der Waals surface area contributed by atoms with Crippen molar-refractivity contribution >= 4 is 21.7 Å². The summed E-state index contributed by atoms with van der Waals surface area (Å²) in [4.78, 5) is 24.9. The first kappa shape index (κ1) is 21.2. The first-order chi connectivity index (χ1) is 13.6. The van der Waals surface area contributed by atoms with Gasteiger partial charge in [0.2, 0.25) is 27.6 Å².